The number of aryl methyl sites for hydroxylation is 2. The molecule has 0 aliphatic carbocycles. The number of benzene rings is 1. The van der Waals surface area contributed by atoms with Crippen LogP contribution in [-0.2, 0) is 17.7 Å². The average Bonchev–Trinajstić information content (AvgIpc) is 2.44. The molecule has 3 rings (SSSR count). The number of methoxy groups -OCH3 is 1. The summed E-state index contributed by atoms with van der Waals surface area (Å²) in [5.41, 5.74) is 0.981. The fourth-order valence-electron chi connectivity index (χ4n) is 2.70. The van der Waals surface area contributed by atoms with Gasteiger partial charge in [-0.3, -0.25) is 4.79 Å². The number of carbonyl (C=O) groups is 1. The van der Waals surface area contributed by atoms with E-state index in [2.05, 4.69) is 4.74 Å². The minimum atomic E-state index is -0.802. The van der Waals surface area contributed by atoms with Gasteiger partial charge in [-0.15, -0.1) is 0 Å². The van der Waals surface area contributed by atoms with Gasteiger partial charge >= 0.3 is 5.97 Å². The van der Waals surface area contributed by atoms with Crippen LogP contribution in [0.15, 0.2) is 23.0 Å². The van der Waals surface area contributed by atoms with Crippen molar-refractivity contribution in [1.82, 2.24) is 4.57 Å². The van der Waals surface area contributed by atoms with Crippen molar-refractivity contribution in [2.75, 3.05) is 7.11 Å². The SMILES string of the molecule is COC(=O)c1c(O)c2cccc3c2n(c1=O)CCC3. The zero-order chi connectivity index (χ0) is 13.6. The monoisotopic (exact) mass is 259 g/mol. The topological polar surface area (TPSA) is 68.5 Å². The maximum Gasteiger partial charge on any atom is 0.347 e. The van der Waals surface area contributed by atoms with E-state index in [1.165, 1.54) is 7.11 Å². The van der Waals surface area contributed by atoms with Crippen LogP contribution < -0.4 is 5.56 Å². The first-order valence-corrected chi connectivity index (χ1v) is 6.11. The first-order valence-electron chi connectivity index (χ1n) is 6.11. The van der Waals surface area contributed by atoms with Gasteiger partial charge in [-0.2, -0.15) is 0 Å². The molecule has 0 spiro atoms. The predicted molar refractivity (Wildman–Crippen MR) is 69.5 cm³/mol. The number of nitrogens with zero attached hydrogens (tertiary/aromatic N) is 1. The number of carbonyl (C=O) groups excluding carboxylic acids is 1. The molecule has 5 nitrogen and oxygen atoms in total. The normalized spacial score (nSPS) is 13.5. The van der Waals surface area contributed by atoms with Gasteiger partial charge in [0.05, 0.1) is 12.6 Å². The molecule has 5 heteroatoms. The molecule has 98 valence electrons. The van der Waals surface area contributed by atoms with Crippen molar-refractivity contribution in [2.24, 2.45) is 0 Å². The summed E-state index contributed by atoms with van der Waals surface area (Å²) in [5, 5.41) is 10.7. The highest BCUT2D eigenvalue weighted by atomic mass is 16.5. The van der Waals surface area contributed by atoms with Crippen LogP contribution >= 0.6 is 0 Å². The van der Waals surface area contributed by atoms with Gasteiger partial charge in [-0.05, 0) is 24.5 Å². The zero-order valence-corrected chi connectivity index (χ0v) is 10.5. The Kier molecular flexibility index (Phi) is 2.55. The number of pyridine rings is 1. The Morgan fingerprint density at radius 3 is 2.95 bits per heavy atom. The molecule has 0 saturated carbocycles. The van der Waals surface area contributed by atoms with E-state index in [1.54, 1.807) is 10.6 Å². The maximum absolute atomic E-state index is 12.3. The molecule has 0 amide bonds. The highest BCUT2D eigenvalue weighted by molar-refractivity contribution is 6.00. The van der Waals surface area contributed by atoms with Crippen molar-refractivity contribution in [3.05, 3.63) is 39.7 Å². The van der Waals surface area contributed by atoms with E-state index in [-0.39, 0.29) is 11.3 Å². The second-order valence-corrected chi connectivity index (χ2v) is 4.59. The minimum absolute atomic E-state index is 0.283. The van der Waals surface area contributed by atoms with E-state index in [0.29, 0.717) is 11.9 Å². The Morgan fingerprint density at radius 1 is 1.42 bits per heavy atom. The van der Waals surface area contributed by atoms with Crippen LogP contribution in [0.5, 0.6) is 5.75 Å². The van der Waals surface area contributed by atoms with Crippen molar-refractivity contribution >= 4 is 16.9 Å². The number of esters is 1. The molecule has 1 aliphatic heterocycles. The molecule has 1 aromatic carbocycles. The number of para-hydroxylation sites is 1. The van der Waals surface area contributed by atoms with E-state index in [0.717, 1.165) is 23.9 Å². The summed E-state index contributed by atoms with van der Waals surface area (Å²) < 4.78 is 6.14. The van der Waals surface area contributed by atoms with E-state index in [9.17, 15) is 14.7 Å². The maximum atomic E-state index is 12.3. The van der Waals surface area contributed by atoms with Crippen LogP contribution in [0, 0.1) is 0 Å². The van der Waals surface area contributed by atoms with Gasteiger partial charge in [0.1, 0.15) is 5.75 Å². The molecule has 0 atom stereocenters. The van der Waals surface area contributed by atoms with Crippen LogP contribution in [0.25, 0.3) is 10.9 Å². The molecule has 1 aliphatic rings. The molecule has 1 aromatic heterocycles. The van der Waals surface area contributed by atoms with Crippen LogP contribution in [0.1, 0.15) is 22.3 Å². The van der Waals surface area contributed by atoms with Crippen molar-refractivity contribution in [2.45, 2.75) is 19.4 Å². The van der Waals surface area contributed by atoms with Crippen molar-refractivity contribution in [1.29, 1.82) is 0 Å². The Labute approximate surface area is 109 Å². The largest absolute Gasteiger partial charge is 0.506 e. The van der Waals surface area contributed by atoms with Crippen molar-refractivity contribution < 1.29 is 14.6 Å². The van der Waals surface area contributed by atoms with Crippen LogP contribution in [0.2, 0.25) is 0 Å². The lowest BCUT2D eigenvalue weighted by molar-refractivity contribution is 0.0595. The fraction of sp³-hybridized carbons (Fsp3) is 0.286. The number of hydrogen-bond donors (Lipinski definition) is 1. The highest BCUT2D eigenvalue weighted by Gasteiger charge is 2.25. The van der Waals surface area contributed by atoms with E-state index >= 15 is 0 Å². The Hall–Kier alpha value is -2.30. The Balaban J connectivity index is 2.50. The number of rotatable bonds is 1. The fourth-order valence-corrected chi connectivity index (χ4v) is 2.70. The molecule has 19 heavy (non-hydrogen) atoms. The summed E-state index contributed by atoms with van der Waals surface area (Å²) >= 11 is 0. The third kappa shape index (κ3) is 1.54. The average molecular weight is 259 g/mol. The summed E-state index contributed by atoms with van der Waals surface area (Å²) in [6.45, 7) is 0.552. The molecule has 0 bridgehead atoms. The molecule has 0 saturated heterocycles. The third-order valence-corrected chi connectivity index (χ3v) is 3.56. The lowest BCUT2D eigenvalue weighted by atomic mass is 9.99. The second kappa shape index (κ2) is 4.12. The molecule has 0 radical (unpaired) electrons. The molecular formula is C14H13NO4. The molecule has 2 heterocycles. The summed E-state index contributed by atoms with van der Waals surface area (Å²) in [7, 11) is 1.19. The Bertz CT molecular complexity index is 745. The number of aromatic nitrogens is 1. The quantitative estimate of drug-likeness (QED) is 0.787. The van der Waals surface area contributed by atoms with Gasteiger partial charge in [0, 0.05) is 11.9 Å². The summed E-state index contributed by atoms with van der Waals surface area (Å²) in [6.07, 6.45) is 1.71. The molecular weight excluding hydrogens is 246 g/mol. The molecule has 1 N–H and O–H groups in total. The summed E-state index contributed by atoms with van der Waals surface area (Å²) in [4.78, 5) is 24.0. The van der Waals surface area contributed by atoms with Crippen LogP contribution in [0.3, 0.4) is 0 Å². The number of hydrogen-bond acceptors (Lipinski definition) is 4. The van der Waals surface area contributed by atoms with Gasteiger partial charge in [0.2, 0.25) is 0 Å². The van der Waals surface area contributed by atoms with E-state index in [4.69, 9.17) is 0 Å². The summed E-state index contributed by atoms with van der Waals surface area (Å²) in [6, 6.07) is 5.47. The van der Waals surface area contributed by atoms with Crippen molar-refractivity contribution in [3.63, 3.8) is 0 Å². The smallest absolute Gasteiger partial charge is 0.347 e. The number of ether oxygens (including phenoxy) is 1. The van der Waals surface area contributed by atoms with Gasteiger partial charge < -0.3 is 14.4 Å². The third-order valence-electron chi connectivity index (χ3n) is 3.56. The van der Waals surface area contributed by atoms with E-state index in [1.807, 2.05) is 12.1 Å². The lowest BCUT2D eigenvalue weighted by Gasteiger charge is -2.20. The first-order chi connectivity index (χ1) is 9.15. The second-order valence-electron chi connectivity index (χ2n) is 4.59. The van der Waals surface area contributed by atoms with E-state index < -0.39 is 11.5 Å². The standard InChI is InChI=1S/C14H13NO4/c1-19-14(18)10-12(16)9-6-2-4-8-5-3-7-15(11(8)9)13(10)17/h2,4,6,16H,3,5,7H2,1H3. The lowest BCUT2D eigenvalue weighted by Crippen LogP contribution is -2.30. The van der Waals surface area contributed by atoms with Gasteiger partial charge in [0.15, 0.2) is 5.56 Å². The summed E-state index contributed by atoms with van der Waals surface area (Å²) in [5.74, 6) is -1.09. The van der Waals surface area contributed by atoms with Crippen LogP contribution in [-0.4, -0.2) is 22.8 Å². The molecule has 0 fully saturated rings. The van der Waals surface area contributed by atoms with Gasteiger partial charge in [-0.1, -0.05) is 12.1 Å². The molecule has 2 aromatic rings. The Morgan fingerprint density at radius 2 is 2.21 bits per heavy atom. The number of aromatic hydroxyl groups is 1. The van der Waals surface area contributed by atoms with Gasteiger partial charge in [-0.25, -0.2) is 4.79 Å². The first kappa shape index (κ1) is 11.8. The minimum Gasteiger partial charge on any atom is -0.506 e. The predicted octanol–water partition coefficient (Wildman–Crippen LogP) is 1.44. The van der Waals surface area contributed by atoms with Gasteiger partial charge in [0.25, 0.3) is 5.56 Å². The van der Waals surface area contributed by atoms with Crippen molar-refractivity contribution in [3.8, 4) is 5.75 Å². The zero-order valence-electron chi connectivity index (χ0n) is 10.5. The highest BCUT2D eigenvalue weighted by Crippen LogP contribution is 2.31. The van der Waals surface area contributed by atoms with Crippen LogP contribution in [0.4, 0.5) is 0 Å². The molecule has 0 unspecified atom stereocenters.